The van der Waals surface area contributed by atoms with Crippen molar-refractivity contribution in [2.45, 2.75) is 13.1 Å². The molecule has 2 aromatic rings. The van der Waals surface area contributed by atoms with Crippen LogP contribution in [0.25, 0.3) is 11.0 Å². The number of alkyl halides is 3. The SMILES string of the molecule is Cc1cc2c(C(F)(F)F)cc(=O)oc2cc1N. The molecule has 0 unspecified atom stereocenters. The standard InChI is InChI=1S/C11H8F3NO2/c1-5-2-6-7(11(12,13)14)3-10(16)17-9(6)4-8(5)15/h2-4H,15H2,1H3. The fraction of sp³-hybridized carbons (Fsp3) is 0.182. The number of aryl methyl sites for hydroxylation is 1. The van der Waals surface area contributed by atoms with E-state index in [-0.39, 0.29) is 16.7 Å². The van der Waals surface area contributed by atoms with Crippen molar-refractivity contribution in [3.63, 3.8) is 0 Å². The van der Waals surface area contributed by atoms with Crippen LogP contribution in [0.2, 0.25) is 0 Å². The summed E-state index contributed by atoms with van der Waals surface area (Å²) in [7, 11) is 0. The number of rotatable bonds is 0. The third-order valence-corrected chi connectivity index (χ3v) is 2.44. The van der Waals surface area contributed by atoms with Gasteiger partial charge in [0.05, 0.1) is 5.56 Å². The van der Waals surface area contributed by atoms with Gasteiger partial charge in [0, 0.05) is 23.2 Å². The average Bonchev–Trinajstić information content (AvgIpc) is 2.18. The second kappa shape index (κ2) is 3.51. The maximum absolute atomic E-state index is 12.7. The average molecular weight is 243 g/mol. The first kappa shape index (κ1) is 11.5. The minimum absolute atomic E-state index is 0.159. The predicted octanol–water partition coefficient (Wildman–Crippen LogP) is 2.70. The third kappa shape index (κ3) is 1.98. The number of hydrogen-bond donors (Lipinski definition) is 1. The third-order valence-electron chi connectivity index (χ3n) is 2.44. The van der Waals surface area contributed by atoms with Gasteiger partial charge in [0.15, 0.2) is 0 Å². The molecule has 0 radical (unpaired) electrons. The molecule has 0 saturated heterocycles. The summed E-state index contributed by atoms with van der Waals surface area (Å²) in [6, 6.07) is 2.93. The van der Waals surface area contributed by atoms with E-state index in [1.54, 1.807) is 6.92 Å². The van der Waals surface area contributed by atoms with E-state index in [9.17, 15) is 18.0 Å². The maximum Gasteiger partial charge on any atom is 0.417 e. The van der Waals surface area contributed by atoms with Crippen LogP contribution in [0.15, 0.2) is 27.4 Å². The number of halogens is 3. The van der Waals surface area contributed by atoms with Gasteiger partial charge in [-0.2, -0.15) is 13.2 Å². The molecular weight excluding hydrogens is 235 g/mol. The first-order valence-corrected chi connectivity index (χ1v) is 4.70. The largest absolute Gasteiger partial charge is 0.423 e. The monoisotopic (exact) mass is 243 g/mol. The minimum Gasteiger partial charge on any atom is -0.423 e. The summed E-state index contributed by atoms with van der Waals surface area (Å²) in [4.78, 5) is 11.0. The van der Waals surface area contributed by atoms with Gasteiger partial charge in [-0.05, 0) is 18.6 Å². The minimum atomic E-state index is -4.60. The quantitative estimate of drug-likeness (QED) is 0.571. The van der Waals surface area contributed by atoms with Crippen LogP contribution in [0.3, 0.4) is 0 Å². The molecule has 1 heterocycles. The van der Waals surface area contributed by atoms with E-state index < -0.39 is 17.4 Å². The molecule has 0 fully saturated rings. The van der Waals surface area contributed by atoms with Crippen LogP contribution < -0.4 is 11.4 Å². The second-order valence-electron chi connectivity index (χ2n) is 3.68. The highest BCUT2D eigenvalue weighted by atomic mass is 19.4. The van der Waals surface area contributed by atoms with Crippen LogP contribution in [0.1, 0.15) is 11.1 Å². The van der Waals surface area contributed by atoms with Crippen LogP contribution in [0, 0.1) is 6.92 Å². The zero-order valence-corrected chi connectivity index (χ0v) is 8.76. The molecule has 6 heteroatoms. The lowest BCUT2D eigenvalue weighted by Gasteiger charge is -2.10. The Morgan fingerprint density at radius 2 is 1.88 bits per heavy atom. The topological polar surface area (TPSA) is 56.2 Å². The molecule has 90 valence electrons. The zero-order chi connectivity index (χ0) is 12.8. The summed E-state index contributed by atoms with van der Waals surface area (Å²) < 4.78 is 42.9. The molecule has 0 spiro atoms. The van der Waals surface area contributed by atoms with E-state index in [2.05, 4.69) is 0 Å². The Balaban J connectivity index is 2.93. The predicted molar refractivity (Wildman–Crippen MR) is 56.6 cm³/mol. The van der Waals surface area contributed by atoms with Gasteiger partial charge in [-0.15, -0.1) is 0 Å². The Morgan fingerprint density at radius 1 is 1.24 bits per heavy atom. The number of anilines is 1. The molecule has 2 rings (SSSR count). The summed E-state index contributed by atoms with van der Waals surface area (Å²) in [5, 5.41) is -0.163. The fourth-order valence-electron chi connectivity index (χ4n) is 1.57. The van der Waals surface area contributed by atoms with Crippen LogP contribution >= 0.6 is 0 Å². The zero-order valence-electron chi connectivity index (χ0n) is 8.76. The molecule has 0 aliphatic carbocycles. The van der Waals surface area contributed by atoms with Crippen LogP contribution in [0.5, 0.6) is 0 Å². The highest BCUT2D eigenvalue weighted by Gasteiger charge is 2.33. The summed E-state index contributed by atoms with van der Waals surface area (Å²) in [5.41, 5.74) is 4.11. The summed E-state index contributed by atoms with van der Waals surface area (Å²) >= 11 is 0. The number of nitrogen functional groups attached to an aromatic ring is 1. The van der Waals surface area contributed by atoms with E-state index in [0.717, 1.165) is 0 Å². The lowest BCUT2D eigenvalue weighted by atomic mass is 10.1. The molecule has 0 aliphatic rings. The van der Waals surface area contributed by atoms with Crippen molar-refractivity contribution in [1.29, 1.82) is 0 Å². The second-order valence-corrected chi connectivity index (χ2v) is 3.68. The molecule has 1 aromatic heterocycles. The molecule has 3 nitrogen and oxygen atoms in total. The Hall–Kier alpha value is -1.98. The van der Waals surface area contributed by atoms with Gasteiger partial charge in [-0.25, -0.2) is 4.79 Å². The highest BCUT2D eigenvalue weighted by Crippen LogP contribution is 2.35. The molecule has 17 heavy (non-hydrogen) atoms. The van der Waals surface area contributed by atoms with Crippen molar-refractivity contribution < 1.29 is 17.6 Å². The van der Waals surface area contributed by atoms with Crippen LogP contribution in [-0.2, 0) is 6.18 Å². The maximum atomic E-state index is 12.7. The van der Waals surface area contributed by atoms with Crippen molar-refractivity contribution in [2.24, 2.45) is 0 Å². The number of fused-ring (bicyclic) bond motifs is 1. The first-order chi connectivity index (χ1) is 7.79. The summed E-state index contributed by atoms with van der Waals surface area (Å²) in [6.07, 6.45) is -4.60. The molecule has 1 aromatic carbocycles. The number of hydrogen-bond acceptors (Lipinski definition) is 3. The molecule has 0 saturated carbocycles. The molecular formula is C11H8F3NO2. The van der Waals surface area contributed by atoms with Gasteiger partial charge in [0.25, 0.3) is 0 Å². The van der Waals surface area contributed by atoms with Gasteiger partial charge < -0.3 is 10.2 Å². The molecule has 0 aliphatic heterocycles. The number of nitrogens with two attached hydrogens (primary N) is 1. The Bertz CT molecular complexity index is 643. The van der Waals surface area contributed by atoms with Crippen molar-refractivity contribution >= 4 is 16.7 Å². The Morgan fingerprint density at radius 3 is 2.47 bits per heavy atom. The van der Waals surface area contributed by atoms with Crippen molar-refractivity contribution in [1.82, 2.24) is 0 Å². The molecule has 0 amide bonds. The van der Waals surface area contributed by atoms with E-state index >= 15 is 0 Å². The van der Waals surface area contributed by atoms with Gasteiger partial charge in [0.2, 0.25) is 0 Å². The molecule has 0 atom stereocenters. The lowest BCUT2D eigenvalue weighted by molar-refractivity contribution is -0.136. The van der Waals surface area contributed by atoms with E-state index in [1.165, 1.54) is 12.1 Å². The van der Waals surface area contributed by atoms with E-state index in [1.807, 2.05) is 0 Å². The summed E-state index contributed by atoms with van der Waals surface area (Å²) in [6.45, 7) is 1.58. The van der Waals surface area contributed by atoms with E-state index in [4.69, 9.17) is 10.2 Å². The van der Waals surface area contributed by atoms with Gasteiger partial charge in [-0.1, -0.05) is 0 Å². The Kier molecular flexibility index (Phi) is 2.38. The van der Waals surface area contributed by atoms with Crippen LogP contribution in [-0.4, -0.2) is 0 Å². The van der Waals surface area contributed by atoms with Crippen molar-refractivity contribution in [3.8, 4) is 0 Å². The molecule has 0 bridgehead atoms. The normalized spacial score (nSPS) is 12.0. The Labute approximate surface area is 93.6 Å². The smallest absolute Gasteiger partial charge is 0.417 e. The van der Waals surface area contributed by atoms with E-state index in [0.29, 0.717) is 11.6 Å². The fourth-order valence-corrected chi connectivity index (χ4v) is 1.57. The highest BCUT2D eigenvalue weighted by molar-refractivity contribution is 5.85. The van der Waals surface area contributed by atoms with Crippen molar-refractivity contribution in [2.75, 3.05) is 5.73 Å². The van der Waals surface area contributed by atoms with Crippen molar-refractivity contribution in [3.05, 3.63) is 39.7 Å². The van der Waals surface area contributed by atoms with Gasteiger partial charge in [0.1, 0.15) is 5.58 Å². The van der Waals surface area contributed by atoms with Crippen LogP contribution in [0.4, 0.5) is 18.9 Å². The summed E-state index contributed by atoms with van der Waals surface area (Å²) in [5.74, 6) is 0. The number of benzene rings is 1. The lowest BCUT2D eigenvalue weighted by Crippen LogP contribution is -2.11. The first-order valence-electron chi connectivity index (χ1n) is 4.70. The van der Waals surface area contributed by atoms with Gasteiger partial charge in [-0.3, -0.25) is 0 Å². The molecule has 2 N–H and O–H groups in total. The van der Waals surface area contributed by atoms with Gasteiger partial charge >= 0.3 is 11.8 Å².